The molecule has 3 heterocycles. The first-order chi connectivity index (χ1) is 18.5. The molecule has 5 nitrogen and oxygen atoms in total. The monoisotopic (exact) mass is 526 g/mol. The van der Waals surface area contributed by atoms with E-state index in [9.17, 15) is 9.90 Å². The van der Waals surface area contributed by atoms with Crippen LogP contribution < -0.4 is 10.1 Å². The quantitative estimate of drug-likeness (QED) is 0.278. The maximum absolute atomic E-state index is 11.4. The fourth-order valence-electron chi connectivity index (χ4n) is 5.68. The summed E-state index contributed by atoms with van der Waals surface area (Å²) in [6, 6.07) is 21.0. The lowest BCUT2D eigenvalue weighted by Gasteiger charge is -2.17. The fraction of sp³-hybridized carbons (Fsp3) is 0.344. The van der Waals surface area contributed by atoms with Crippen molar-refractivity contribution in [3.05, 3.63) is 82.9 Å². The number of nitrogens with zero attached hydrogens (tertiary/aromatic N) is 1. The third-order valence-electron chi connectivity index (χ3n) is 7.81. The topological polar surface area (TPSA) is 61.8 Å². The third kappa shape index (κ3) is 5.42. The lowest BCUT2D eigenvalue weighted by atomic mass is 9.96. The number of carbonyl (C=O) groups is 1. The summed E-state index contributed by atoms with van der Waals surface area (Å²) in [6.45, 7) is 6.18. The zero-order valence-corrected chi connectivity index (χ0v) is 22.7. The Balaban J connectivity index is 1.25. The molecule has 0 bridgehead atoms. The van der Waals surface area contributed by atoms with Crippen LogP contribution in [0.3, 0.4) is 0 Å². The minimum Gasteiger partial charge on any atom is -0.508 e. The number of fused-ring (bicyclic) bond motifs is 1. The van der Waals surface area contributed by atoms with Crippen LogP contribution in [0.1, 0.15) is 47.9 Å². The second-order valence-corrected chi connectivity index (χ2v) is 11.7. The SMILES string of the molecule is Cc1cc(Cc2c(-c3ccc(OC[C@H]4CCC(=O)N4)cc3)sc3cc(O)ccc23)ccc1CN1CCCC1. The highest BCUT2D eigenvalue weighted by molar-refractivity contribution is 7.22. The molecule has 0 radical (unpaired) electrons. The summed E-state index contributed by atoms with van der Waals surface area (Å²) >= 11 is 1.72. The molecule has 2 aliphatic rings. The van der Waals surface area contributed by atoms with Crippen molar-refractivity contribution in [2.24, 2.45) is 0 Å². The van der Waals surface area contributed by atoms with Crippen LogP contribution in [-0.4, -0.2) is 41.7 Å². The van der Waals surface area contributed by atoms with Crippen LogP contribution in [0.25, 0.3) is 20.5 Å². The van der Waals surface area contributed by atoms with Crippen LogP contribution in [0, 0.1) is 6.92 Å². The molecular formula is C32H34N2O3S. The molecular weight excluding hydrogens is 492 g/mol. The number of amides is 1. The van der Waals surface area contributed by atoms with Crippen LogP contribution in [0.2, 0.25) is 0 Å². The van der Waals surface area contributed by atoms with E-state index in [1.807, 2.05) is 24.3 Å². The van der Waals surface area contributed by atoms with E-state index in [4.69, 9.17) is 4.74 Å². The molecule has 0 aliphatic carbocycles. The van der Waals surface area contributed by atoms with Gasteiger partial charge >= 0.3 is 0 Å². The maximum Gasteiger partial charge on any atom is 0.220 e. The highest BCUT2D eigenvalue weighted by Crippen LogP contribution is 2.41. The van der Waals surface area contributed by atoms with Gasteiger partial charge in [0.1, 0.15) is 18.1 Å². The Kier molecular flexibility index (Phi) is 7.09. The van der Waals surface area contributed by atoms with Crippen molar-refractivity contribution >= 4 is 27.3 Å². The molecule has 0 saturated carbocycles. The number of hydrogen-bond acceptors (Lipinski definition) is 5. The van der Waals surface area contributed by atoms with Crippen LogP contribution >= 0.6 is 11.3 Å². The number of phenols is 1. The van der Waals surface area contributed by atoms with Gasteiger partial charge in [0.05, 0.1) is 6.04 Å². The Morgan fingerprint density at radius 3 is 2.61 bits per heavy atom. The van der Waals surface area contributed by atoms with Gasteiger partial charge < -0.3 is 15.2 Å². The Morgan fingerprint density at radius 1 is 1.05 bits per heavy atom. The van der Waals surface area contributed by atoms with E-state index in [2.05, 4.69) is 47.5 Å². The van der Waals surface area contributed by atoms with Crippen LogP contribution in [-0.2, 0) is 17.8 Å². The third-order valence-corrected chi connectivity index (χ3v) is 9.05. The van der Waals surface area contributed by atoms with Gasteiger partial charge in [-0.15, -0.1) is 11.3 Å². The van der Waals surface area contributed by atoms with Gasteiger partial charge in [-0.05, 0) is 121 Å². The van der Waals surface area contributed by atoms with E-state index >= 15 is 0 Å². The van der Waals surface area contributed by atoms with Gasteiger partial charge in [-0.2, -0.15) is 0 Å². The zero-order valence-electron chi connectivity index (χ0n) is 21.8. The van der Waals surface area contributed by atoms with E-state index in [-0.39, 0.29) is 11.9 Å². The number of ether oxygens (including phenoxy) is 1. The molecule has 1 atom stereocenters. The molecule has 6 rings (SSSR count). The fourth-order valence-corrected chi connectivity index (χ4v) is 6.94. The normalized spacial score (nSPS) is 17.8. The Hall–Kier alpha value is -3.35. The number of hydrogen-bond donors (Lipinski definition) is 2. The molecule has 0 unspecified atom stereocenters. The molecule has 2 N–H and O–H groups in total. The minimum absolute atomic E-state index is 0.0919. The first-order valence-electron chi connectivity index (χ1n) is 13.6. The molecule has 1 aromatic heterocycles. The number of benzene rings is 3. The van der Waals surface area contributed by atoms with Crippen molar-refractivity contribution in [1.82, 2.24) is 10.2 Å². The Morgan fingerprint density at radius 2 is 1.87 bits per heavy atom. The molecule has 2 aliphatic heterocycles. The predicted octanol–water partition coefficient (Wildman–Crippen LogP) is 6.43. The van der Waals surface area contributed by atoms with E-state index in [1.54, 1.807) is 17.4 Å². The molecule has 2 saturated heterocycles. The van der Waals surface area contributed by atoms with Gasteiger partial charge in [0.15, 0.2) is 0 Å². The van der Waals surface area contributed by atoms with Gasteiger partial charge in [0.25, 0.3) is 0 Å². The highest BCUT2D eigenvalue weighted by Gasteiger charge is 2.21. The van der Waals surface area contributed by atoms with Crippen molar-refractivity contribution in [1.29, 1.82) is 0 Å². The number of rotatable bonds is 8. The van der Waals surface area contributed by atoms with Gasteiger partial charge in [-0.3, -0.25) is 9.69 Å². The number of aromatic hydroxyl groups is 1. The van der Waals surface area contributed by atoms with Gasteiger partial charge in [-0.25, -0.2) is 0 Å². The second-order valence-electron chi connectivity index (χ2n) is 10.6. The summed E-state index contributed by atoms with van der Waals surface area (Å²) in [4.78, 5) is 15.2. The maximum atomic E-state index is 11.4. The first kappa shape index (κ1) is 25.0. The van der Waals surface area contributed by atoms with Crippen LogP contribution in [0.15, 0.2) is 60.7 Å². The predicted molar refractivity (Wildman–Crippen MR) is 154 cm³/mol. The number of nitrogens with one attached hydrogen (secondary N) is 1. The number of thiophene rings is 1. The molecule has 6 heteroatoms. The molecule has 4 aromatic rings. The highest BCUT2D eigenvalue weighted by atomic mass is 32.1. The standard InChI is InChI=1S/C32H34N2O3S/c1-21-16-22(4-5-24(21)19-34-14-2-3-15-34)17-29-28-12-9-26(35)18-30(28)38-32(29)23-6-10-27(11-7-23)37-20-25-8-13-31(36)33-25/h4-7,9-12,16,18,25,35H,2-3,8,13-15,17,19-20H2,1H3,(H,33,36)/t25-/m1/s1. The molecule has 38 heavy (non-hydrogen) atoms. The summed E-state index contributed by atoms with van der Waals surface area (Å²) in [6.07, 6.45) is 4.87. The largest absolute Gasteiger partial charge is 0.508 e. The second kappa shape index (κ2) is 10.8. The van der Waals surface area contributed by atoms with Gasteiger partial charge in [0.2, 0.25) is 5.91 Å². The lowest BCUT2D eigenvalue weighted by molar-refractivity contribution is -0.119. The summed E-state index contributed by atoms with van der Waals surface area (Å²) < 4.78 is 7.05. The number of aryl methyl sites for hydroxylation is 1. The number of phenolic OH excluding ortho intramolecular Hbond substituents is 1. The summed E-state index contributed by atoms with van der Waals surface area (Å²) in [5, 5.41) is 14.3. The van der Waals surface area contributed by atoms with Crippen molar-refractivity contribution in [3.63, 3.8) is 0 Å². The molecule has 1 amide bonds. The van der Waals surface area contributed by atoms with Gasteiger partial charge in [0, 0.05) is 22.5 Å². The zero-order chi connectivity index (χ0) is 26.1. The summed E-state index contributed by atoms with van der Waals surface area (Å²) in [5.74, 6) is 1.20. The van der Waals surface area contributed by atoms with Gasteiger partial charge in [-0.1, -0.05) is 18.2 Å². The lowest BCUT2D eigenvalue weighted by Crippen LogP contribution is -2.30. The number of likely N-dealkylation sites (tertiary alicyclic amines) is 1. The Labute approximate surface area is 228 Å². The average molecular weight is 527 g/mol. The van der Waals surface area contributed by atoms with Crippen molar-refractivity contribution in [2.75, 3.05) is 19.7 Å². The van der Waals surface area contributed by atoms with Crippen molar-refractivity contribution in [2.45, 2.75) is 51.6 Å². The van der Waals surface area contributed by atoms with E-state index in [1.165, 1.54) is 58.4 Å². The molecule has 0 spiro atoms. The van der Waals surface area contributed by atoms with Crippen LogP contribution in [0.5, 0.6) is 11.5 Å². The smallest absolute Gasteiger partial charge is 0.220 e. The summed E-state index contributed by atoms with van der Waals surface area (Å²) in [7, 11) is 0. The molecule has 196 valence electrons. The average Bonchev–Trinajstić information content (AvgIpc) is 3.66. The first-order valence-corrected chi connectivity index (χ1v) is 14.4. The Bertz CT molecular complexity index is 1450. The van der Waals surface area contributed by atoms with E-state index < -0.39 is 0 Å². The van der Waals surface area contributed by atoms with E-state index in [0.717, 1.165) is 35.4 Å². The van der Waals surface area contributed by atoms with Crippen LogP contribution in [0.4, 0.5) is 0 Å². The summed E-state index contributed by atoms with van der Waals surface area (Å²) in [5.41, 5.74) is 6.51. The molecule has 2 fully saturated rings. The number of carbonyl (C=O) groups excluding carboxylic acids is 1. The van der Waals surface area contributed by atoms with Crippen molar-refractivity contribution in [3.8, 4) is 21.9 Å². The molecule has 3 aromatic carbocycles. The minimum atomic E-state index is 0.0919. The van der Waals surface area contributed by atoms with E-state index in [0.29, 0.717) is 18.8 Å². The van der Waals surface area contributed by atoms with Crippen molar-refractivity contribution < 1.29 is 14.6 Å².